The van der Waals surface area contributed by atoms with Gasteiger partial charge in [0.2, 0.25) is 0 Å². The molecule has 26 heavy (non-hydrogen) atoms. The van der Waals surface area contributed by atoms with Crippen LogP contribution in [0.1, 0.15) is 37.3 Å². The van der Waals surface area contributed by atoms with Crippen LogP contribution in [0.4, 0.5) is 0 Å². The zero-order valence-corrected chi connectivity index (χ0v) is 15.5. The third kappa shape index (κ3) is 3.28. The Kier molecular flexibility index (Phi) is 5.49. The molecule has 1 aromatic rings. The van der Waals surface area contributed by atoms with Crippen molar-refractivity contribution in [1.29, 1.82) is 0 Å². The third-order valence-corrected chi connectivity index (χ3v) is 5.02. The highest BCUT2D eigenvalue weighted by Crippen LogP contribution is 2.38. The lowest BCUT2D eigenvalue weighted by Crippen LogP contribution is -2.42. The quantitative estimate of drug-likeness (QED) is 0.756. The van der Waals surface area contributed by atoms with E-state index in [4.69, 9.17) is 14.2 Å². The highest BCUT2D eigenvalue weighted by atomic mass is 16.5. The minimum atomic E-state index is -0.475. The van der Waals surface area contributed by atoms with E-state index in [9.17, 15) is 9.59 Å². The van der Waals surface area contributed by atoms with Gasteiger partial charge in [-0.2, -0.15) is 0 Å². The summed E-state index contributed by atoms with van der Waals surface area (Å²) in [5.74, 6) is 1.12. The molecule has 1 aliphatic carbocycles. The normalized spacial score (nSPS) is 18.8. The SMILES string of the molecule is CCOC(=O)C1CCCN1C(=O)C1=Cc2c(OC)ccc(OC)c2CC1. The largest absolute Gasteiger partial charge is 0.496 e. The van der Waals surface area contributed by atoms with Crippen molar-refractivity contribution in [2.24, 2.45) is 0 Å². The number of carbonyl (C=O) groups is 2. The number of hydrogen-bond donors (Lipinski definition) is 0. The van der Waals surface area contributed by atoms with Gasteiger partial charge in [-0.25, -0.2) is 4.79 Å². The summed E-state index contributed by atoms with van der Waals surface area (Å²) >= 11 is 0. The number of rotatable bonds is 5. The molecule has 6 heteroatoms. The van der Waals surface area contributed by atoms with E-state index in [0.717, 1.165) is 23.3 Å². The molecule has 1 atom stereocenters. The molecular formula is C20H25NO5. The molecule has 1 unspecified atom stereocenters. The van der Waals surface area contributed by atoms with Crippen molar-refractivity contribution in [1.82, 2.24) is 4.90 Å². The predicted molar refractivity (Wildman–Crippen MR) is 97.2 cm³/mol. The molecule has 0 radical (unpaired) electrons. The molecule has 0 spiro atoms. The maximum atomic E-state index is 13.1. The zero-order valence-electron chi connectivity index (χ0n) is 15.5. The highest BCUT2D eigenvalue weighted by Gasteiger charge is 2.37. The molecule has 6 nitrogen and oxygen atoms in total. The van der Waals surface area contributed by atoms with E-state index < -0.39 is 6.04 Å². The fourth-order valence-corrected chi connectivity index (χ4v) is 3.76. The van der Waals surface area contributed by atoms with Crippen LogP contribution in [0.3, 0.4) is 0 Å². The van der Waals surface area contributed by atoms with Crippen LogP contribution in [0.15, 0.2) is 17.7 Å². The van der Waals surface area contributed by atoms with Gasteiger partial charge in [0.1, 0.15) is 17.5 Å². The molecular weight excluding hydrogens is 334 g/mol. The molecule has 0 aromatic heterocycles. The average Bonchev–Trinajstić information content (AvgIpc) is 3.16. The number of benzene rings is 1. The Morgan fingerprint density at radius 2 is 1.88 bits per heavy atom. The van der Waals surface area contributed by atoms with E-state index in [1.165, 1.54) is 0 Å². The minimum Gasteiger partial charge on any atom is -0.496 e. The van der Waals surface area contributed by atoms with Crippen molar-refractivity contribution >= 4 is 18.0 Å². The lowest BCUT2D eigenvalue weighted by Gasteiger charge is -2.27. The summed E-state index contributed by atoms with van der Waals surface area (Å²) in [5.41, 5.74) is 2.63. The fourth-order valence-electron chi connectivity index (χ4n) is 3.76. The molecule has 2 aliphatic rings. The van der Waals surface area contributed by atoms with Crippen molar-refractivity contribution < 1.29 is 23.8 Å². The van der Waals surface area contributed by atoms with Crippen LogP contribution in [0.5, 0.6) is 11.5 Å². The van der Waals surface area contributed by atoms with Gasteiger partial charge in [-0.15, -0.1) is 0 Å². The van der Waals surface area contributed by atoms with Crippen molar-refractivity contribution in [3.8, 4) is 11.5 Å². The summed E-state index contributed by atoms with van der Waals surface area (Å²) in [4.78, 5) is 26.9. The Bertz CT molecular complexity index is 740. The predicted octanol–water partition coefficient (Wildman–Crippen LogP) is 2.59. The zero-order chi connectivity index (χ0) is 18.7. The Hall–Kier alpha value is -2.50. The minimum absolute atomic E-state index is 0.0870. The van der Waals surface area contributed by atoms with E-state index in [1.807, 2.05) is 18.2 Å². The number of methoxy groups -OCH3 is 2. The van der Waals surface area contributed by atoms with E-state index >= 15 is 0 Å². The number of carbonyl (C=O) groups excluding carboxylic acids is 2. The van der Waals surface area contributed by atoms with Gasteiger partial charge in [0.05, 0.1) is 20.8 Å². The molecule has 1 aromatic carbocycles. The number of hydrogen-bond acceptors (Lipinski definition) is 5. The van der Waals surface area contributed by atoms with Crippen molar-refractivity contribution in [3.63, 3.8) is 0 Å². The first kappa shape index (κ1) is 18.3. The van der Waals surface area contributed by atoms with Gasteiger partial charge >= 0.3 is 5.97 Å². The van der Waals surface area contributed by atoms with E-state index in [-0.39, 0.29) is 11.9 Å². The van der Waals surface area contributed by atoms with Crippen molar-refractivity contribution in [3.05, 3.63) is 28.8 Å². The molecule has 3 rings (SSSR count). The van der Waals surface area contributed by atoms with Crippen molar-refractivity contribution in [2.75, 3.05) is 27.4 Å². The molecule has 1 amide bonds. The van der Waals surface area contributed by atoms with Crippen LogP contribution >= 0.6 is 0 Å². The first-order chi connectivity index (χ1) is 12.6. The molecule has 140 valence electrons. The van der Waals surface area contributed by atoms with Crippen LogP contribution in [0.2, 0.25) is 0 Å². The standard InChI is InChI=1S/C20H25NO5/c1-4-26-20(23)16-6-5-11-21(16)19(22)13-7-8-14-15(12-13)18(25-3)10-9-17(14)24-2/h9-10,12,16H,4-8,11H2,1-3H3. The molecule has 0 N–H and O–H groups in total. The van der Waals surface area contributed by atoms with Gasteiger partial charge in [-0.1, -0.05) is 0 Å². The number of esters is 1. The van der Waals surface area contributed by atoms with Gasteiger partial charge < -0.3 is 19.1 Å². The Morgan fingerprint density at radius 3 is 2.58 bits per heavy atom. The summed E-state index contributed by atoms with van der Waals surface area (Å²) in [5, 5.41) is 0. The van der Waals surface area contributed by atoms with E-state index in [0.29, 0.717) is 43.7 Å². The maximum absolute atomic E-state index is 13.1. The fraction of sp³-hybridized carbons (Fsp3) is 0.500. The van der Waals surface area contributed by atoms with Gasteiger partial charge in [-0.3, -0.25) is 4.79 Å². The van der Waals surface area contributed by atoms with Crippen LogP contribution in [0, 0.1) is 0 Å². The number of fused-ring (bicyclic) bond motifs is 1. The van der Waals surface area contributed by atoms with Gasteiger partial charge in [0.15, 0.2) is 0 Å². The topological polar surface area (TPSA) is 65.1 Å². The molecule has 0 saturated carbocycles. The first-order valence-corrected chi connectivity index (χ1v) is 9.02. The molecule has 1 aliphatic heterocycles. The van der Waals surface area contributed by atoms with Gasteiger partial charge in [0, 0.05) is 23.2 Å². The monoisotopic (exact) mass is 359 g/mol. The molecule has 0 bridgehead atoms. The van der Waals surface area contributed by atoms with E-state index in [2.05, 4.69) is 0 Å². The van der Waals surface area contributed by atoms with Crippen LogP contribution in [-0.4, -0.2) is 50.2 Å². The Balaban J connectivity index is 1.90. The molecule has 1 heterocycles. The van der Waals surface area contributed by atoms with Gasteiger partial charge in [0.25, 0.3) is 5.91 Å². The third-order valence-electron chi connectivity index (χ3n) is 5.02. The van der Waals surface area contributed by atoms with Gasteiger partial charge in [-0.05, 0) is 50.8 Å². The summed E-state index contributed by atoms with van der Waals surface area (Å²) in [6.07, 6.45) is 4.66. The lowest BCUT2D eigenvalue weighted by atomic mass is 9.90. The van der Waals surface area contributed by atoms with Crippen LogP contribution < -0.4 is 9.47 Å². The summed E-state index contributed by atoms with van der Waals surface area (Å²) in [6.45, 7) is 2.69. The van der Waals surface area contributed by atoms with Crippen LogP contribution in [0.25, 0.3) is 6.08 Å². The smallest absolute Gasteiger partial charge is 0.328 e. The summed E-state index contributed by atoms with van der Waals surface area (Å²) in [7, 11) is 3.25. The summed E-state index contributed by atoms with van der Waals surface area (Å²) < 4.78 is 16.0. The van der Waals surface area contributed by atoms with Crippen LogP contribution in [-0.2, 0) is 20.7 Å². The molecule has 1 saturated heterocycles. The number of likely N-dealkylation sites (tertiary alicyclic amines) is 1. The second-order valence-electron chi connectivity index (χ2n) is 6.44. The number of amides is 1. The second kappa shape index (κ2) is 7.81. The maximum Gasteiger partial charge on any atom is 0.328 e. The molecule has 1 fully saturated rings. The first-order valence-electron chi connectivity index (χ1n) is 9.02. The number of ether oxygens (including phenoxy) is 3. The highest BCUT2D eigenvalue weighted by molar-refractivity contribution is 6.01. The van der Waals surface area contributed by atoms with Crippen molar-refractivity contribution in [2.45, 2.75) is 38.6 Å². The van der Waals surface area contributed by atoms with E-state index in [1.54, 1.807) is 26.0 Å². The number of nitrogens with zero attached hydrogens (tertiary/aromatic N) is 1. The lowest BCUT2D eigenvalue weighted by molar-refractivity contribution is -0.152. The Labute approximate surface area is 153 Å². The summed E-state index contributed by atoms with van der Waals surface area (Å²) in [6, 6.07) is 3.26. The average molecular weight is 359 g/mol. The Morgan fingerprint density at radius 1 is 1.15 bits per heavy atom. The second-order valence-corrected chi connectivity index (χ2v) is 6.44.